The number of carboxylic acids is 1. The van der Waals surface area contributed by atoms with E-state index in [0.717, 1.165) is 25.1 Å². The molecule has 0 saturated carbocycles. The van der Waals surface area contributed by atoms with Crippen LogP contribution in [-0.4, -0.2) is 35.0 Å². The lowest BCUT2D eigenvalue weighted by molar-refractivity contribution is 0.0623. The normalized spacial score (nSPS) is 22.6. The lowest BCUT2D eigenvalue weighted by atomic mass is 9.91. The minimum atomic E-state index is -0.997. The Hall–Kier alpha value is -1.84. The van der Waals surface area contributed by atoms with E-state index in [4.69, 9.17) is 5.11 Å². The zero-order valence-electron chi connectivity index (χ0n) is 12.2. The second-order valence-corrected chi connectivity index (χ2v) is 6.05. The number of carbonyl (C=O) groups excluding carboxylic acids is 1. The molecule has 1 saturated heterocycles. The molecule has 108 valence electrons. The first-order valence-corrected chi connectivity index (χ1v) is 7.01. The van der Waals surface area contributed by atoms with Crippen molar-refractivity contribution >= 4 is 11.9 Å². The Balaban J connectivity index is 2.26. The first kappa shape index (κ1) is 14.6. The quantitative estimate of drug-likeness (QED) is 0.903. The topological polar surface area (TPSA) is 57.6 Å². The molecule has 1 fully saturated rings. The number of aromatic carboxylic acids is 1. The van der Waals surface area contributed by atoms with E-state index in [1.807, 2.05) is 11.8 Å². The third kappa shape index (κ3) is 3.18. The van der Waals surface area contributed by atoms with Gasteiger partial charge in [-0.3, -0.25) is 4.79 Å². The van der Waals surface area contributed by atoms with E-state index in [0.29, 0.717) is 17.4 Å². The van der Waals surface area contributed by atoms with Gasteiger partial charge in [-0.2, -0.15) is 0 Å². The Kier molecular flexibility index (Phi) is 4.12. The largest absolute Gasteiger partial charge is 0.478 e. The fourth-order valence-electron chi connectivity index (χ4n) is 3.04. The zero-order chi connectivity index (χ0) is 14.9. The average molecular weight is 275 g/mol. The van der Waals surface area contributed by atoms with Crippen LogP contribution in [0.15, 0.2) is 18.2 Å². The molecule has 1 amide bonds. The van der Waals surface area contributed by atoms with Gasteiger partial charge in [-0.05, 0) is 48.9 Å². The maximum absolute atomic E-state index is 12.6. The predicted molar refractivity (Wildman–Crippen MR) is 77.0 cm³/mol. The molecule has 0 aromatic heterocycles. The molecule has 2 unspecified atom stereocenters. The third-order valence-electron chi connectivity index (χ3n) is 3.73. The molecule has 4 nitrogen and oxygen atoms in total. The second-order valence-electron chi connectivity index (χ2n) is 6.05. The number of hydrogen-bond acceptors (Lipinski definition) is 2. The standard InChI is InChI=1S/C16H21NO3/c1-10-5-13(7-14(6-10)16(19)20)15(18)17-8-11(2)4-12(3)9-17/h5-7,11-12H,4,8-9H2,1-3H3,(H,19,20). The summed E-state index contributed by atoms with van der Waals surface area (Å²) in [6.45, 7) is 7.60. The van der Waals surface area contributed by atoms with Crippen molar-refractivity contribution in [2.45, 2.75) is 27.2 Å². The van der Waals surface area contributed by atoms with Gasteiger partial charge in [0.15, 0.2) is 0 Å². The van der Waals surface area contributed by atoms with Crippen LogP contribution >= 0.6 is 0 Å². The van der Waals surface area contributed by atoms with E-state index in [2.05, 4.69) is 13.8 Å². The van der Waals surface area contributed by atoms with Crippen molar-refractivity contribution < 1.29 is 14.7 Å². The van der Waals surface area contributed by atoms with Crippen molar-refractivity contribution in [1.82, 2.24) is 4.90 Å². The number of carboxylic acid groups (broad SMARTS) is 1. The summed E-state index contributed by atoms with van der Waals surface area (Å²) in [6, 6.07) is 4.82. The lowest BCUT2D eigenvalue weighted by Crippen LogP contribution is -2.42. The van der Waals surface area contributed by atoms with Crippen molar-refractivity contribution in [1.29, 1.82) is 0 Å². The van der Waals surface area contributed by atoms with Gasteiger partial charge in [0.1, 0.15) is 0 Å². The number of carbonyl (C=O) groups is 2. The highest BCUT2D eigenvalue weighted by Crippen LogP contribution is 2.23. The minimum absolute atomic E-state index is 0.0606. The Morgan fingerprint density at radius 3 is 2.20 bits per heavy atom. The lowest BCUT2D eigenvalue weighted by Gasteiger charge is -2.35. The van der Waals surface area contributed by atoms with Gasteiger partial charge in [0.25, 0.3) is 5.91 Å². The van der Waals surface area contributed by atoms with Gasteiger partial charge in [-0.25, -0.2) is 4.79 Å². The van der Waals surface area contributed by atoms with E-state index in [-0.39, 0.29) is 11.5 Å². The Morgan fingerprint density at radius 2 is 1.65 bits per heavy atom. The molecule has 0 bridgehead atoms. The predicted octanol–water partition coefficient (Wildman–Crippen LogP) is 2.81. The average Bonchev–Trinajstić information content (AvgIpc) is 2.35. The van der Waals surface area contributed by atoms with Crippen molar-refractivity contribution in [3.63, 3.8) is 0 Å². The molecule has 4 heteroatoms. The Bertz CT molecular complexity index is 529. The first-order chi connectivity index (χ1) is 9.36. The number of nitrogens with zero attached hydrogens (tertiary/aromatic N) is 1. The van der Waals surface area contributed by atoms with Crippen LogP contribution in [0.3, 0.4) is 0 Å². The number of likely N-dealkylation sites (tertiary alicyclic amines) is 1. The molecule has 20 heavy (non-hydrogen) atoms. The summed E-state index contributed by atoms with van der Waals surface area (Å²) in [7, 11) is 0. The monoisotopic (exact) mass is 275 g/mol. The van der Waals surface area contributed by atoms with Gasteiger partial charge in [0.05, 0.1) is 5.56 Å². The zero-order valence-corrected chi connectivity index (χ0v) is 12.2. The number of rotatable bonds is 2. The van der Waals surface area contributed by atoms with E-state index in [1.54, 1.807) is 12.1 Å². The van der Waals surface area contributed by atoms with Crippen LogP contribution in [0.25, 0.3) is 0 Å². The van der Waals surface area contributed by atoms with E-state index >= 15 is 0 Å². The van der Waals surface area contributed by atoms with Gasteiger partial charge in [0, 0.05) is 18.7 Å². The summed E-state index contributed by atoms with van der Waals surface area (Å²) in [4.78, 5) is 25.5. The van der Waals surface area contributed by atoms with Crippen LogP contribution in [0, 0.1) is 18.8 Å². The number of benzene rings is 1. The van der Waals surface area contributed by atoms with Crippen LogP contribution in [0.5, 0.6) is 0 Å². The molecular weight excluding hydrogens is 254 g/mol. The molecule has 1 aliphatic rings. The fraction of sp³-hybridized carbons (Fsp3) is 0.500. The molecular formula is C16H21NO3. The smallest absolute Gasteiger partial charge is 0.335 e. The number of aryl methyl sites for hydroxylation is 1. The summed E-state index contributed by atoms with van der Waals surface area (Å²) in [6.07, 6.45) is 1.14. The molecule has 1 N–H and O–H groups in total. The van der Waals surface area contributed by atoms with Crippen LogP contribution in [-0.2, 0) is 0 Å². The number of piperidine rings is 1. The maximum Gasteiger partial charge on any atom is 0.335 e. The van der Waals surface area contributed by atoms with E-state index < -0.39 is 5.97 Å². The van der Waals surface area contributed by atoms with Crippen molar-refractivity contribution in [3.05, 3.63) is 34.9 Å². The van der Waals surface area contributed by atoms with Crippen molar-refractivity contribution in [2.75, 3.05) is 13.1 Å². The molecule has 2 rings (SSSR count). The van der Waals surface area contributed by atoms with Crippen molar-refractivity contribution in [2.24, 2.45) is 11.8 Å². The molecule has 0 spiro atoms. The van der Waals surface area contributed by atoms with Gasteiger partial charge in [-0.15, -0.1) is 0 Å². The highest BCUT2D eigenvalue weighted by molar-refractivity contribution is 5.97. The number of hydrogen-bond donors (Lipinski definition) is 1. The maximum atomic E-state index is 12.6. The van der Waals surface area contributed by atoms with Crippen LogP contribution in [0.2, 0.25) is 0 Å². The van der Waals surface area contributed by atoms with E-state index in [9.17, 15) is 9.59 Å². The van der Waals surface area contributed by atoms with Gasteiger partial charge in [0.2, 0.25) is 0 Å². The highest BCUT2D eigenvalue weighted by atomic mass is 16.4. The molecule has 1 heterocycles. The molecule has 1 aliphatic heterocycles. The number of amides is 1. The van der Waals surface area contributed by atoms with Crippen LogP contribution < -0.4 is 0 Å². The van der Waals surface area contributed by atoms with Gasteiger partial charge < -0.3 is 10.0 Å². The van der Waals surface area contributed by atoms with Crippen LogP contribution in [0.4, 0.5) is 0 Å². The summed E-state index contributed by atoms with van der Waals surface area (Å²) >= 11 is 0. The SMILES string of the molecule is Cc1cc(C(=O)O)cc(C(=O)N2CC(C)CC(C)C2)c1. The van der Waals surface area contributed by atoms with E-state index in [1.165, 1.54) is 6.07 Å². The highest BCUT2D eigenvalue weighted by Gasteiger charge is 2.26. The third-order valence-corrected chi connectivity index (χ3v) is 3.73. The summed E-state index contributed by atoms with van der Waals surface area (Å²) in [5, 5.41) is 9.09. The van der Waals surface area contributed by atoms with Gasteiger partial charge >= 0.3 is 5.97 Å². The molecule has 1 aromatic rings. The van der Waals surface area contributed by atoms with Crippen molar-refractivity contribution in [3.8, 4) is 0 Å². The minimum Gasteiger partial charge on any atom is -0.478 e. The second kappa shape index (κ2) is 5.65. The Morgan fingerprint density at radius 1 is 1.10 bits per heavy atom. The summed E-state index contributed by atoms with van der Waals surface area (Å²) < 4.78 is 0. The fourth-order valence-corrected chi connectivity index (χ4v) is 3.04. The molecule has 0 aliphatic carbocycles. The Labute approximate surface area is 119 Å². The molecule has 0 radical (unpaired) electrons. The van der Waals surface area contributed by atoms with Gasteiger partial charge in [-0.1, -0.05) is 13.8 Å². The molecule has 1 aromatic carbocycles. The summed E-state index contributed by atoms with van der Waals surface area (Å²) in [5.74, 6) is -0.0735. The summed E-state index contributed by atoms with van der Waals surface area (Å²) in [5.41, 5.74) is 1.45. The van der Waals surface area contributed by atoms with Crippen LogP contribution in [0.1, 0.15) is 46.5 Å². The molecule has 2 atom stereocenters. The first-order valence-electron chi connectivity index (χ1n) is 7.01.